The molecule has 0 N–H and O–H groups in total. The molecule has 0 aliphatic heterocycles. The smallest absolute Gasteiger partial charge is 0.131 e. The largest absolute Gasteiger partial charge is 0.497 e. The Morgan fingerprint density at radius 3 is 2.84 bits per heavy atom. The van der Waals surface area contributed by atoms with E-state index >= 15 is 0 Å². The molecule has 1 aromatic heterocycles. The van der Waals surface area contributed by atoms with Crippen molar-refractivity contribution in [2.24, 2.45) is 0 Å². The second kappa shape index (κ2) is 6.35. The number of halogens is 3. The van der Waals surface area contributed by atoms with E-state index in [1.807, 2.05) is 6.07 Å². The summed E-state index contributed by atoms with van der Waals surface area (Å²) in [5, 5.41) is 0.584. The maximum absolute atomic E-state index is 13.9. The average molecular weight is 345 g/mol. The van der Waals surface area contributed by atoms with E-state index in [1.54, 1.807) is 24.5 Å². The number of alkyl halides is 1. The molecule has 1 heterocycles. The van der Waals surface area contributed by atoms with Gasteiger partial charge in [0.05, 0.1) is 12.1 Å². The van der Waals surface area contributed by atoms with Gasteiger partial charge in [-0.25, -0.2) is 4.39 Å². The van der Waals surface area contributed by atoms with E-state index < -0.39 is 0 Å². The second-order valence-corrected chi connectivity index (χ2v) is 5.54. The summed E-state index contributed by atoms with van der Waals surface area (Å²) in [6, 6.07) is 6.65. The number of methoxy groups -OCH3 is 1. The lowest BCUT2D eigenvalue weighted by molar-refractivity contribution is 0.410. The fraction of sp³-hybridized carbons (Fsp3) is 0.214. The lowest BCUT2D eigenvalue weighted by Crippen LogP contribution is -2.00. The fourth-order valence-corrected chi connectivity index (χ4v) is 2.68. The Morgan fingerprint density at radius 2 is 2.21 bits per heavy atom. The van der Waals surface area contributed by atoms with Crippen LogP contribution in [0.4, 0.5) is 4.39 Å². The number of hydrogen-bond donors (Lipinski definition) is 0. The van der Waals surface area contributed by atoms with Crippen molar-refractivity contribution in [1.29, 1.82) is 0 Å². The molecule has 1 unspecified atom stereocenters. The molecule has 0 spiro atoms. The van der Waals surface area contributed by atoms with Crippen LogP contribution in [-0.4, -0.2) is 12.1 Å². The van der Waals surface area contributed by atoms with Crippen LogP contribution >= 0.6 is 27.5 Å². The first-order valence-electron chi connectivity index (χ1n) is 5.67. The van der Waals surface area contributed by atoms with Crippen LogP contribution in [0.15, 0.2) is 36.7 Å². The molecule has 19 heavy (non-hydrogen) atoms. The van der Waals surface area contributed by atoms with Gasteiger partial charge in [-0.05, 0) is 24.1 Å². The number of aromatic nitrogens is 1. The summed E-state index contributed by atoms with van der Waals surface area (Å²) in [6.07, 6.45) is 3.84. The minimum Gasteiger partial charge on any atom is -0.497 e. The zero-order valence-electron chi connectivity index (χ0n) is 10.2. The van der Waals surface area contributed by atoms with Crippen LogP contribution in [0, 0.1) is 5.82 Å². The standard InChI is InChI=1S/C14H12BrClFNO/c1-19-10-2-3-11(14(17)7-10)12(15)6-9-4-5-18-8-13(9)16/h2-5,7-8,12H,6H2,1H3. The summed E-state index contributed by atoms with van der Waals surface area (Å²) in [5.74, 6) is 0.203. The minimum absolute atomic E-state index is 0.154. The van der Waals surface area contributed by atoms with Crippen LogP contribution in [0.1, 0.15) is 16.0 Å². The Balaban J connectivity index is 2.21. The van der Waals surface area contributed by atoms with Gasteiger partial charge < -0.3 is 4.74 Å². The highest BCUT2D eigenvalue weighted by Gasteiger charge is 2.15. The molecule has 1 aromatic carbocycles. The fourth-order valence-electron chi connectivity index (χ4n) is 1.76. The third-order valence-corrected chi connectivity index (χ3v) is 3.96. The third kappa shape index (κ3) is 3.45. The van der Waals surface area contributed by atoms with E-state index in [0.717, 1.165) is 5.56 Å². The number of benzene rings is 1. The molecule has 2 rings (SSSR count). The van der Waals surface area contributed by atoms with Crippen molar-refractivity contribution >= 4 is 27.5 Å². The van der Waals surface area contributed by atoms with E-state index in [-0.39, 0.29) is 10.6 Å². The van der Waals surface area contributed by atoms with Gasteiger partial charge in [0.2, 0.25) is 0 Å². The van der Waals surface area contributed by atoms with E-state index in [0.29, 0.717) is 22.8 Å². The van der Waals surface area contributed by atoms with Gasteiger partial charge in [-0.2, -0.15) is 0 Å². The highest BCUT2D eigenvalue weighted by molar-refractivity contribution is 9.09. The van der Waals surface area contributed by atoms with Gasteiger partial charge >= 0.3 is 0 Å². The zero-order valence-corrected chi connectivity index (χ0v) is 12.6. The number of ether oxygens (including phenoxy) is 1. The Bertz CT molecular complexity index is 579. The number of rotatable bonds is 4. The molecule has 0 bridgehead atoms. The van der Waals surface area contributed by atoms with Crippen molar-refractivity contribution in [3.05, 3.63) is 58.6 Å². The molecule has 0 saturated carbocycles. The van der Waals surface area contributed by atoms with Gasteiger partial charge in [0.15, 0.2) is 0 Å². The highest BCUT2D eigenvalue weighted by atomic mass is 79.9. The van der Waals surface area contributed by atoms with Crippen molar-refractivity contribution in [2.75, 3.05) is 7.11 Å². The number of pyridine rings is 1. The molecule has 0 fully saturated rings. The van der Waals surface area contributed by atoms with Crippen LogP contribution in [0.2, 0.25) is 5.02 Å². The van der Waals surface area contributed by atoms with Crippen LogP contribution in [0.5, 0.6) is 5.75 Å². The summed E-state index contributed by atoms with van der Waals surface area (Å²) in [7, 11) is 1.51. The molecule has 2 nitrogen and oxygen atoms in total. The molecule has 0 aliphatic rings. The van der Waals surface area contributed by atoms with Crippen LogP contribution < -0.4 is 4.74 Å². The third-order valence-electron chi connectivity index (χ3n) is 2.80. The Morgan fingerprint density at radius 1 is 1.42 bits per heavy atom. The van der Waals surface area contributed by atoms with Crippen molar-refractivity contribution < 1.29 is 9.13 Å². The lowest BCUT2D eigenvalue weighted by atomic mass is 10.0. The van der Waals surface area contributed by atoms with Crippen molar-refractivity contribution in [3.63, 3.8) is 0 Å². The average Bonchev–Trinajstić information content (AvgIpc) is 2.41. The van der Waals surface area contributed by atoms with E-state index in [2.05, 4.69) is 20.9 Å². The van der Waals surface area contributed by atoms with Gasteiger partial charge in [0.25, 0.3) is 0 Å². The Labute approximate surface area is 124 Å². The SMILES string of the molecule is COc1ccc(C(Br)Cc2ccncc2Cl)c(F)c1. The van der Waals surface area contributed by atoms with E-state index in [4.69, 9.17) is 16.3 Å². The van der Waals surface area contributed by atoms with Gasteiger partial charge in [-0.15, -0.1) is 0 Å². The Kier molecular flexibility index (Phi) is 4.77. The normalized spacial score (nSPS) is 12.2. The van der Waals surface area contributed by atoms with Gasteiger partial charge in [0.1, 0.15) is 11.6 Å². The quantitative estimate of drug-likeness (QED) is 0.759. The molecular weight excluding hydrogens is 333 g/mol. The molecule has 0 saturated heterocycles. The summed E-state index contributed by atoms with van der Waals surface area (Å²) >= 11 is 9.54. The van der Waals surface area contributed by atoms with Crippen molar-refractivity contribution in [1.82, 2.24) is 4.98 Å². The summed E-state index contributed by atoms with van der Waals surface area (Å²) in [5.41, 5.74) is 1.50. The monoisotopic (exact) mass is 343 g/mol. The van der Waals surface area contributed by atoms with Crippen LogP contribution in [0.25, 0.3) is 0 Å². The highest BCUT2D eigenvalue weighted by Crippen LogP contribution is 2.32. The topological polar surface area (TPSA) is 22.1 Å². The number of hydrogen-bond acceptors (Lipinski definition) is 2. The molecule has 1 atom stereocenters. The second-order valence-electron chi connectivity index (χ2n) is 4.03. The lowest BCUT2D eigenvalue weighted by Gasteiger charge is -2.13. The Hall–Kier alpha value is -1.13. The maximum Gasteiger partial charge on any atom is 0.131 e. The number of nitrogens with zero attached hydrogens (tertiary/aromatic N) is 1. The molecule has 0 radical (unpaired) electrons. The summed E-state index contributed by atoms with van der Waals surface area (Å²) < 4.78 is 18.9. The first kappa shape index (κ1) is 14.3. The summed E-state index contributed by atoms with van der Waals surface area (Å²) in [6.45, 7) is 0. The molecule has 100 valence electrons. The van der Waals surface area contributed by atoms with Gasteiger partial charge in [0, 0.05) is 28.9 Å². The van der Waals surface area contributed by atoms with E-state index in [1.165, 1.54) is 13.2 Å². The molecule has 0 aliphatic carbocycles. The molecule has 2 aromatic rings. The van der Waals surface area contributed by atoms with Crippen LogP contribution in [-0.2, 0) is 6.42 Å². The predicted molar refractivity (Wildman–Crippen MR) is 77.6 cm³/mol. The predicted octanol–water partition coefficient (Wildman–Crippen LogP) is 4.56. The minimum atomic E-state index is -0.300. The first-order chi connectivity index (χ1) is 9.11. The summed E-state index contributed by atoms with van der Waals surface area (Å²) in [4.78, 5) is 3.77. The zero-order chi connectivity index (χ0) is 13.8. The molecule has 5 heteroatoms. The van der Waals surface area contributed by atoms with E-state index in [9.17, 15) is 4.39 Å². The first-order valence-corrected chi connectivity index (χ1v) is 6.97. The van der Waals surface area contributed by atoms with Gasteiger partial charge in [-0.3, -0.25) is 4.98 Å². The molecular formula is C14H12BrClFNO. The van der Waals surface area contributed by atoms with Crippen molar-refractivity contribution in [2.45, 2.75) is 11.2 Å². The maximum atomic E-state index is 13.9. The van der Waals surface area contributed by atoms with Crippen LogP contribution in [0.3, 0.4) is 0 Å². The van der Waals surface area contributed by atoms with Crippen molar-refractivity contribution in [3.8, 4) is 5.75 Å². The molecule has 0 amide bonds. The van der Waals surface area contributed by atoms with Gasteiger partial charge in [-0.1, -0.05) is 33.6 Å².